The highest BCUT2D eigenvalue weighted by Gasteiger charge is 2.55. The van der Waals surface area contributed by atoms with Crippen LogP contribution in [0.5, 0.6) is 5.75 Å². The number of hydrogen-bond donors (Lipinski definition) is 1. The van der Waals surface area contributed by atoms with E-state index in [1.165, 1.54) is 18.2 Å². The normalized spacial score (nSPS) is 24.5. The minimum Gasteiger partial charge on any atom is -0.472 e. The number of carbonyl (C=O) groups is 1. The first-order valence-corrected chi connectivity index (χ1v) is 8.76. The number of ether oxygens (including phenoxy) is 1. The molecule has 1 aliphatic heterocycles. The molecule has 1 saturated heterocycles. The molecule has 2 unspecified atom stereocenters. The number of carbonyl (C=O) groups excluding carboxylic acids is 1. The van der Waals surface area contributed by atoms with Crippen molar-refractivity contribution < 1.29 is 27.1 Å². The smallest absolute Gasteiger partial charge is 0.472 e. The fourth-order valence-corrected chi connectivity index (χ4v) is 3.96. The SMILES string of the molecule is O=C(NCC1C2CN(Cc3ccoc3)CC12)c1cccc(OC(F)(F)F)c1. The summed E-state index contributed by atoms with van der Waals surface area (Å²) in [6.07, 6.45) is -1.36. The quantitative estimate of drug-likeness (QED) is 0.836. The van der Waals surface area contributed by atoms with Crippen molar-refractivity contribution in [2.45, 2.75) is 12.9 Å². The molecule has 2 aromatic rings. The van der Waals surface area contributed by atoms with Crippen LogP contribution >= 0.6 is 0 Å². The monoisotopic (exact) mass is 380 g/mol. The summed E-state index contributed by atoms with van der Waals surface area (Å²) >= 11 is 0. The number of nitrogens with one attached hydrogen (secondary N) is 1. The fraction of sp³-hybridized carbons (Fsp3) is 0.421. The number of halogens is 3. The summed E-state index contributed by atoms with van der Waals surface area (Å²) in [6.45, 7) is 3.39. The second-order valence-corrected chi connectivity index (χ2v) is 7.10. The minimum atomic E-state index is -4.77. The summed E-state index contributed by atoms with van der Waals surface area (Å²) in [5.74, 6) is 0.787. The van der Waals surface area contributed by atoms with Gasteiger partial charge in [0.25, 0.3) is 5.91 Å². The van der Waals surface area contributed by atoms with E-state index in [-0.39, 0.29) is 11.5 Å². The molecule has 1 saturated carbocycles. The molecule has 1 N–H and O–H groups in total. The predicted octanol–water partition coefficient (Wildman–Crippen LogP) is 3.29. The second kappa shape index (κ2) is 6.92. The van der Waals surface area contributed by atoms with Crippen LogP contribution in [0.15, 0.2) is 47.3 Å². The van der Waals surface area contributed by atoms with Crippen LogP contribution in [0.25, 0.3) is 0 Å². The van der Waals surface area contributed by atoms with E-state index in [1.807, 2.05) is 6.07 Å². The summed E-state index contributed by atoms with van der Waals surface area (Å²) in [4.78, 5) is 14.6. The Morgan fingerprint density at radius 3 is 2.70 bits per heavy atom. The van der Waals surface area contributed by atoms with Crippen molar-refractivity contribution in [1.29, 1.82) is 0 Å². The Morgan fingerprint density at radius 1 is 1.26 bits per heavy atom. The van der Waals surface area contributed by atoms with Gasteiger partial charge in [-0.25, -0.2) is 0 Å². The van der Waals surface area contributed by atoms with E-state index in [2.05, 4.69) is 15.0 Å². The molecule has 4 rings (SSSR count). The minimum absolute atomic E-state index is 0.157. The maximum Gasteiger partial charge on any atom is 0.573 e. The first-order chi connectivity index (χ1) is 12.9. The number of amides is 1. The average Bonchev–Trinajstić information content (AvgIpc) is 2.98. The Balaban J connectivity index is 1.24. The molecule has 5 nitrogen and oxygen atoms in total. The Bertz CT molecular complexity index is 795. The number of nitrogens with zero attached hydrogens (tertiary/aromatic N) is 1. The van der Waals surface area contributed by atoms with Gasteiger partial charge in [0, 0.05) is 37.3 Å². The van der Waals surface area contributed by atoms with E-state index in [4.69, 9.17) is 4.42 Å². The summed E-state index contributed by atoms with van der Waals surface area (Å²) < 4.78 is 45.8. The van der Waals surface area contributed by atoms with Crippen LogP contribution in [0.2, 0.25) is 0 Å². The van der Waals surface area contributed by atoms with Crippen LogP contribution in [0, 0.1) is 17.8 Å². The van der Waals surface area contributed by atoms with Crippen LogP contribution in [0.1, 0.15) is 15.9 Å². The van der Waals surface area contributed by atoms with Gasteiger partial charge in [-0.2, -0.15) is 0 Å². The Kier molecular flexibility index (Phi) is 4.59. The van der Waals surface area contributed by atoms with E-state index >= 15 is 0 Å². The van der Waals surface area contributed by atoms with Crippen molar-refractivity contribution in [3.63, 3.8) is 0 Å². The number of piperidine rings is 1. The highest BCUT2D eigenvalue weighted by Crippen LogP contribution is 2.51. The average molecular weight is 380 g/mol. The summed E-state index contributed by atoms with van der Waals surface area (Å²) in [5.41, 5.74) is 1.31. The third-order valence-corrected chi connectivity index (χ3v) is 5.26. The number of alkyl halides is 3. The lowest BCUT2D eigenvalue weighted by Gasteiger charge is -2.18. The van der Waals surface area contributed by atoms with Gasteiger partial charge < -0.3 is 14.5 Å². The zero-order valence-electron chi connectivity index (χ0n) is 14.4. The number of rotatable bonds is 6. The van der Waals surface area contributed by atoms with Gasteiger partial charge in [-0.1, -0.05) is 6.07 Å². The highest BCUT2D eigenvalue weighted by molar-refractivity contribution is 5.94. The van der Waals surface area contributed by atoms with Gasteiger partial charge in [-0.15, -0.1) is 13.2 Å². The van der Waals surface area contributed by atoms with Gasteiger partial charge in [0.05, 0.1) is 12.5 Å². The molecule has 0 bridgehead atoms. The third-order valence-electron chi connectivity index (χ3n) is 5.26. The molecule has 2 fully saturated rings. The molecule has 1 aliphatic carbocycles. The molecular weight excluding hydrogens is 361 g/mol. The van der Waals surface area contributed by atoms with Crippen LogP contribution in [-0.4, -0.2) is 36.8 Å². The van der Waals surface area contributed by atoms with Crippen molar-refractivity contribution in [2.24, 2.45) is 17.8 Å². The summed E-state index contributed by atoms with van der Waals surface area (Å²) in [5, 5.41) is 2.83. The number of benzene rings is 1. The lowest BCUT2D eigenvalue weighted by Crippen LogP contribution is -2.30. The largest absolute Gasteiger partial charge is 0.573 e. The molecule has 2 atom stereocenters. The second-order valence-electron chi connectivity index (χ2n) is 7.10. The molecule has 1 aromatic heterocycles. The fourth-order valence-electron chi connectivity index (χ4n) is 3.96. The zero-order valence-corrected chi connectivity index (χ0v) is 14.4. The van der Waals surface area contributed by atoms with E-state index in [1.54, 1.807) is 12.5 Å². The van der Waals surface area contributed by atoms with E-state index in [0.717, 1.165) is 31.3 Å². The van der Waals surface area contributed by atoms with Crippen LogP contribution in [0.3, 0.4) is 0 Å². The molecule has 2 heterocycles. The number of hydrogen-bond acceptors (Lipinski definition) is 4. The zero-order chi connectivity index (χ0) is 19.0. The molecule has 2 aliphatic rings. The van der Waals surface area contributed by atoms with Crippen LogP contribution in [-0.2, 0) is 6.54 Å². The first kappa shape index (κ1) is 17.9. The van der Waals surface area contributed by atoms with Crippen molar-refractivity contribution in [1.82, 2.24) is 10.2 Å². The van der Waals surface area contributed by atoms with E-state index < -0.39 is 12.1 Å². The van der Waals surface area contributed by atoms with Gasteiger partial charge >= 0.3 is 6.36 Å². The standard InChI is InChI=1S/C19H19F3N2O3/c20-19(21,22)27-14-3-1-2-13(6-14)18(25)23-7-15-16-9-24(10-17(15)16)8-12-4-5-26-11-12/h1-6,11,15-17H,7-10H2,(H,23,25). The molecule has 0 radical (unpaired) electrons. The molecule has 8 heteroatoms. The molecule has 1 amide bonds. The van der Waals surface area contributed by atoms with Crippen LogP contribution in [0.4, 0.5) is 13.2 Å². The van der Waals surface area contributed by atoms with E-state index in [0.29, 0.717) is 24.3 Å². The van der Waals surface area contributed by atoms with E-state index in [9.17, 15) is 18.0 Å². The van der Waals surface area contributed by atoms with Crippen molar-refractivity contribution in [2.75, 3.05) is 19.6 Å². The van der Waals surface area contributed by atoms with Gasteiger partial charge in [0.2, 0.25) is 0 Å². The molecule has 27 heavy (non-hydrogen) atoms. The lowest BCUT2D eigenvalue weighted by atomic mass is 10.2. The summed E-state index contributed by atoms with van der Waals surface area (Å²) in [7, 11) is 0. The number of furan rings is 1. The number of likely N-dealkylation sites (tertiary alicyclic amines) is 1. The molecule has 144 valence electrons. The lowest BCUT2D eigenvalue weighted by molar-refractivity contribution is -0.274. The van der Waals surface area contributed by atoms with Gasteiger partial charge in [-0.3, -0.25) is 9.69 Å². The maximum absolute atomic E-state index is 12.3. The van der Waals surface area contributed by atoms with Gasteiger partial charge in [0.15, 0.2) is 0 Å². The molecule has 0 spiro atoms. The molecular formula is C19H19F3N2O3. The highest BCUT2D eigenvalue weighted by atomic mass is 19.4. The summed E-state index contributed by atoms with van der Waals surface area (Å²) in [6, 6.07) is 7.07. The van der Waals surface area contributed by atoms with Crippen molar-refractivity contribution >= 4 is 5.91 Å². The van der Waals surface area contributed by atoms with Crippen molar-refractivity contribution in [3.8, 4) is 5.75 Å². The molecule has 1 aromatic carbocycles. The Hall–Kier alpha value is -2.48. The Morgan fingerprint density at radius 2 is 2.04 bits per heavy atom. The van der Waals surface area contributed by atoms with Crippen molar-refractivity contribution in [3.05, 3.63) is 54.0 Å². The predicted molar refractivity (Wildman–Crippen MR) is 89.9 cm³/mol. The maximum atomic E-state index is 12.3. The van der Waals surface area contributed by atoms with Crippen LogP contribution < -0.4 is 10.1 Å². The first-order valence-electron chi connectivity index (χ1n) is 8.76. The number of fused-ring (bicyclic) bond motifs is 1. The third kappa shape index (κ3) is 4.27. The topological polar surface area (TPSA) is 54.7 Å². The Labute approximate surface area is 154 Å². The van der Waals surface area contributed by atoms with Gasteiger partial charge in [-0.05, 0) is 42.0 Å². The van der Waals surface area contributed by atoms with Gasteiger partial charge in [0.1, 0.15) is 5.75 Å².